The largest absolute Gasteiger partial charge is 0.476 e. The molecule has 2 atom stereocenters. The predicted octanol–water partition coefficient (Wildman–Crippen LogP) is 3.02. The number of nitrogens with one attached hydrogen (secondary N) is 1. The molecular formula is C21H34ClN3O5S2. The second-order valence-electron chi connectivity index (χ2n) is 8.92. The maximum Gasteiger partial charge on any atom is 0.217 e. The van der Waals surface area contributed by atoms with E-state index >= 15 is 0 Å². The van der Waals surface area contributed by atoms with Crippen molar-refractivity contribution < 1.29 is 21.6 Å². The molecule has 182 valence electrons. The Morgan fingerprint density at radius 2 is 2.03 bits per heavy atom. The lowest BCUT2D eigenvalue weighted by atomic mass is 9.66. The van der Waals surface area contributed by atoms with Crippen LogP contribution in [0.5, 0.6) is 0 Å². The summed E-state index contributed by atoms with van der Waals surface area (Å²) in [5.41, 5.74) is 2.23. The smallest absolute Gasteiger partial charge is 0.217 e. The summed E-state index contributed by atoms with van der Waals surface area (Å²) in [4.78, 5) is 2.15. The van der Waals surface area contributed by atoms with Crippen LogP contribution in [0.1, 0.15) is 58.3 Å². The van der Waals surface area contributed by atoms with Gasteiger partial charge >= 0.3 is 0 Å². The van der Waals surface area contributed by atoms with Gasteiger partial charge < -0.3 is 9.64 Å². The van der Waals surface area contributed by atoms with Crippen LogP contribution in [0.15, 0.2) is 35.5 Å². The highest BCUT2D eigenvalue weighted by Gasteiger charge is 2.55. The molecule has 1 saturated heterocycles. The minimum absolute atomic E-state index is 0. The van der Waals surface area contributed by atoms with Crippen molar-refractivity contribution in [3.8, 4) is 0 Å². The Kier molecular flexibility index (Phi) is 7.71. The first-order chi connectivity index (χ1) is 14.7. The van der Waals surface area contributed by atoms with Gasteiger partial charge in [-0.3, -0.25) is 0 Å². The standard InChI is InChI=1S/C21H33N3O5S2.ClH/c1-3-14-31(27,28)24(13-11-22-30(2,25)26)19-15-21-10-6-4-8-17(21)16-23-12-7-5-9-18(23)20(21)29-19;/h7,12,16,19,22H,3-6,8-11,13-15H2,1-2H3;1H/t19-,21?;/m1./s1. The Hall–Kier alpha value is -1.07. The number of rotatable bonds is 8. The molecule has 3 heterocycles. The second-order valence-corrected chi connectivity index (χ2v) is 12.8. The Morgan fingerprint density at radius 1 is 1.25 bits per heavy atom. The molecule has 0 aromatic heterocycles. The van der Waals surface area contributed by atoms with Crippen LogP contribution in [0.25, 0.3) is 0 Å². The second kappa shape index (κ2) is 9.66. The van der Waals surface area contributed by atoms with Gasteiger partial charge in [0.15, 0.2) is 6.23 Å². The number of hydrogen-bond acceptors (Lipinski definition) is 6. The number of sulfonamides is 2. The Labute approximate surface area is 198 Å². The molecular weight excluding hydrogens is 474 g/mol. The minimum Gasteiger partial charge on any atom is -0.476 e. The van der Waals surface area contributed by atoms with Gasteiger partial charge in [0.2, 0.25) is 20.0 Å². The minimum atomic E-state index is -3.58. The molecule has 1 spiro atoms. The van der Waals surface area contributed by atoms with Crippen molar-refractivity contribution in [1.29, 1.82) is 0 Å². The maximum atomic E-state index is 13.1. The van der Waals surface area contributed by atoms with E-state index in [9.17, 15) is 16.8 Å². The van der Waals surface area contributed by atoms with Gasteiger partial charge in [-0.25, -0.2) is 21.6 Å². The molecule has 8 nitrogen and oxygen atoms in total. The van der Waals surface area contributed by atoms with Gasteiger partial charge in [-0.05, 0) is 44.1 Å². The average molecular weight is 508 g/mol. The number of nitrogens with zero attached hydrogens (tertiary/aromatic N) is 2. The van der Waals surface area contributed by atoms with Crippen molar-refractivity contribution in [2.75, 3.05) is 25.1 Å². The highest BCUT2D eigenvalue weighted by Crippen LogP contribution is 2.59. The first kappa shape index (κ1) is 25.6. The maximum absolute atomic E-state index is 13.1. The van der Waals surface area contributed by atoms with E-state index < -0.39 is 26.3 Å². The number of ether oxygens (including phenoxy) is 1. The third kappa shape index (κ3) is 4.89. The van der Waals surface area contributed by atoms with Crippen LogP contribution < -0.4 is 4.72 Å². The molecule has 2 fully saturated rings. The van der Waals surface area contributed by atoms with Crippen molar-refractivity contribution in [2.24, 2.45) is 5.41 Å². The number of hydrogen-bond donors (Lipinski definition) is 1. The van der Waals surface area contributed by atoms with E-state index in [2.05, 4.69) is 28.1 Å². The quantitative estimate of drug-likeness (QED) is 0.542. The lowest BCUT2D eigenvalue weighted by Gasteiger charge is -2.42. The van der Waals surface area contributed by atoms with E-state index in [0.29, 0.717) is 12.8 Å². The summed E-state index contributed by atoms with van der Waals surface area (Å²) >= 11 is 0. The number of allylic oxidation sites excluding steroid dienone is 3. The zero-order valence-electron chi connectivity index (χ0n) is 18.7. The molecule has 1 N–H and O–H groups in total. The normalized spacial score (nSPS) is 27.3. The van der Waals surface area contributed by atoms with Crippen LogP contribution in [0.4, 0.5) is 0 Å². The molecule has 0 radical (unpaired) electrons. The molecule has 3 aliphatic heterocycles. The SMILES string of the molecule is CCCS(=O)(=O)N(CCNS(C)(=O)=O)[C@H]1CC23CCCCC2=CN2C=CCCC2=C3O1.Cl. The molecule has 1 unspecified atom stereocenters. The molecule has 11 heteroatoms. The first-order valence-electron chi connectivity index (χ1n) is 11.2. The van der Waals surface area contributed by atoms with Gasteiger partial charge in [0.1, 0.15) is 5.76 Å². The molecule has 0 aromatic carbocycles. The summed E-state index contributed by atoms with van der Waals surface area (Å²) in [6.07, 6.45) is 14.0. The van der Waals surface area contributed by atoms with Crippen LogP contribution in [0, 0.1) is 5.41 Å². The van der Waals surface area contributed by atoms with Gasteiger partial charge in [0.25, 0.3) is 0 Å². The zero-order chi connectivity index (χ0) is 22.3. The van der Waals surface area contributed by atoms with Crippen molar-refractivity contribution >= 4 is 32.5 Å². The lowest BCUT2D eigenvalue weighted by Crippen LogP contribution is -2.45. The molecule has 1 saturated carbocycles. The Bertz CT molecular complexity index is 1020. The Balaban J connectivity index is 0.00000289. The topological polar surface area (TPSA) is 96.0 Å². The van der Waals surface area contributed by atoms with Crippen LogP contribution in [-0.4, -0.2) is 57.4 Å². The van der Waals surface area contributed by atoms with Gasteiger partial charge in [-0.2, -0.15) is 4.31 Å². The summed E-state index contributed by atoms with van der Waals surface area (Å²) in [7, 11) is -6.99. The third-order valence-electron chi connectivity index (χ3n) is 6.65. The molecule has 4 aliphatic rings. The molecule has 0 amide bonds. The number of fused-ring (bicyclic) bond motifs is 1. The van der Waals surface area contributed by atoms with Crippen molar-refractivity contribution in [3.05, 3.63) is 35.5 Å². The fraction of sp³-hybridized carbons (Fsp3) is 0.714. The summed E-state index contributed by atoms with van der Waals surface area (Å²) in [5, 5.41) is 0. The highest BCUT2D eigenvalue weighted by molar-refractivity contribution is 7.89. The Morgan fingerprint density at radius 3 is 2.75 bits per heavy atom. The summed E-state index contributed by atoms with van der Waals surface area (Å²) in [6, 6.07) is 0. The molecule has 0 bridgehead atoms. The van der Waals surface area contributed by atoms with Gasteiger partial charge in [0, 0.05) is 31.9 Å². The molecule has 1 aliphatic carbocycles. The van der Waals surface area contributed by atoms with Crippen molar-refractivity contribution in [3.63, 3.8) is 0 Å². The molecule has 32 heavy (non-hydrogen) atoms. The molecule has 4 rings (SSSR count). The van der Waals surface area contributed by atoms with E-state index in [0.717, 1.165) is 56.2 Å². The number of halogens is 1. The summed E-state index contributed by atoms with van der Waals surface area (Å²) in [5.74, 6) is 0.953. The van der Waals surface area contributed by atoms with Crippen molar-refractivity contribution in [1.82, 2.24) is 13.9 Å². The van der Waals surface area contributed by atoms with E-state index in [-0.39, 0.29) is 36.7 Å². The summed E-state index contributed by atoms with van der Waals surface area (Å²) in [6.45, 7) is 1.91. The summed E-state index contributed by atoms with van der Waals surface area (Å²) < 4.78 is 59.6. The van der Waals surface area contributed by atoms with Crippen LogP contribution in [-0.2, 0) is 24.8 Å². The van der Waals surface area contributed by atoms with Gasteiger partial charge in [-0.15, -0.1) is 12.4 Å². The van der Waals surface area contributed by atoms with E-state index in [4.69, 9.17) is 4.74 Å². The van der Waals surface area contributed by atoms with E-state index in [1.807, 2.05) is 6.92 Å². The van der Waals surface area contributed by atoms with Crippen LogP contribution in [0.3, 0.4) is 0 Å². The fourth-order valence-corrected chi connectivity index (χ4v) is 7.39. The first-order valence-corrected chi connectivity index (χ1v) is 14.7. The monoisotopic (exact) mass is 507 g/mol. The van der Waals surface area contributed by atoms with E-state index in [1.54, 1.807) is 0 Å². The van der Waals surface area contributed by atoms with Gasteiger partial charge in [-0.1, -0.05) is 19.4 Å². The fourth-order valence-electron chi connectivity index (χ4n) is 5.33. The van der Waals surface area contributed by atoms with E-state index in [1.165, 1.54) is 9.88 Å². The van der Waals surface area contributed by atoms with Crippen LogP contribution >= 0.6 is 12.4 Å². The average Bonchev–Trinajstić information content (AvgIpc) is 3.07. The zero-order valence-corrected chi connectivity index (χ0v) is 21.2. The van der Waals surface area contributed by atoms with Crippen LogP contribution in [0.2, 0.25) is 0 Å². The van der Waals surface area contributed by atoms with Crippen molar-refractivity contribution in [2.45, 2.75) is 64.5 Å². The lowest BCUT2D eigenvalue weighted by molar-refractivity contribution is 0.0582. The highest BCUT2D eigenvalue weighted by atomic mass is 35.5. The third-order valence-corrected chi connectivity index (χ3v) is 9.43. The van der Waals surface area contributed by atoms with Gasteiger partial charge in [0.05, 0.1) is 23.1 Å². The molecule has 0 aromatic rings. The predicted molar refractivity (Wildman–Crippen MR) is 127 cm³/mol.